The minimum absolute atomic E-state index is 0.0350. The number of hydrogen-bond acceptors (Lipinski definition) is 5. The summed E-state index contributed by atoms with van der Waals surface area (Å²) in [7, 11) is 0. The zero-order chi connectivity index (χ0) is 20.5. The molecule has 7 N–H and O–H groups in total. The van der Waals surface area contributed by atoms with Crippen molar-refractivity contribution in [2.75, 3.05) is 13.1 Å². The maximum absolute atomic E-state index is 12.8. The van der Waals surface area contributed by atoms with Gasteiger partial charge in [0.2, 0.25) is 5.91 Å². The third-order valence-electron chi connectivity index (χ3n) is 6.18. The second-order valence-electron chi connectivity index (χ2n) is 8.45. The number of aliphatic hydroxyl groups is 1. The van der Waals surface area contributed by atoms with Gasteiger partial charge in [0, 0.05) is 6.54 Å². The highest BCUT2D eigenvalue weighted by Gasteiger charge is 2.39. The maximum atomic E-state index is 12.8. The van der Waals surface area contributed by atoms with Gasteiger partial charge in [-0.15, -0.1) is 0 Å². The predicted molar refractivity (Wildman–Crippen MR) is 110 cm³/mol. The van der Waals surface area contributed by atoms with Crippen LogP contribution in [0.1, 0.15) is 58.3 Å². The first-order valence-corrected chi connectivity index (χ1v) is 10.6. The SMILES string of the molecule is CC(O)CC1CCC(C2CCN[C@@H]2C(=O)N[C@H](C=O)CCCN=C(N)N)CC1. The molecule has 0 aromatic rings. The Morgan fingerprint density at radius 3 is 2.61 bits per heavy atom. The van der Waals surface area contributed by atoms with Gasteiger partial charge in [-0.1, -0.05) is 12.8 Å². The van der Waals surface area contributed by atoms with Crippen molar-refractivity contribution in [1.29, 1.82) is 0 Å². The van der Waals surface area contributed by atoms with Gasteiger partial charge in [0.25, 0.3) is 0 Å². The fourth-order valence-electron chi connectivity index (χ4n) is 4.82. The number of nitrogens with one attached hydrogen (secondary N) is 2. The number of hydrogen-bond donors (Lipinski definition) is 5. The number of guanidine groups is 1. The summed E-state index contributed by atoms with van der Waals surface area (Å²) < 4.78 is 0. The molecule has 0 radical (unpaired) electrons. The molecule has 0 aromatic heterocycles. The van der Waals surface area contributed by atoms with E-state index in [2.05, 4.69) is 15.6 Å². The molecule has 2 aliphatic rings. The minimum Gasteiger partial charge on any atom is -0.393 e. The molecule has 4 atom stereocenters. The van der Waals surface area contributed by atoms with Crippen molar-refractivity contribution in [3.05, 3.63) is 0 Å². The normalized spacial score (nSPS) is 29.6. The Morgan fingerprint density at radius 2 is 2.00 bits per heavy atom. The van der Waals surface area contributed by atoms with Gasteiger partial charge in [-0.3, -0.25) is 9.79 Å². The summed E-state index contributed by atoms with van der Waals surface area (Å²) in [6.45, 7) is 3.14. The van der Waals surface area contributed by atoms with Crippen LogP contribution in [0.3, 0.4) is 0 Å². The van der Waals surface area contributed by atoms with Crippen LogP contribution in [0, 0.1) is 17.8 Å². The number of rotatable bonds is 10. The molecule has 2 fully saturated rings. The molecule has 2 rings (SSSR count). The monoisotopic (exact) mass is 395 g/mol. The van der Waals surface area contributed by atoms with Crippen LogP contribution in [0.2, 0.25) is 0 Å². The van der Waals surface area contributed by atoms with E-state index in [-0.39, 0.29) is 24.0 Å². The molecule has 1 aliphatic heterocycles. The standard InChI is InChI=1S/C20H37N5O3/c1-13(27)11-14-4-6-15(7-5-14)17-8-10-23-18(17)19(28)25-16(12-26)3-2-9-24-20(21)22/h12-18,23,27H,2-11H2,1H3,(H,25,28)(H4,21,22,24)/t13?,14?,15?,16-,17?,18-/m0/s1. The van der Waals surface area contributed by atoms with E-state index >= 15 is 0 Å². The van der Waals surface area contributed by atoms with E-state index in [4.69, 9.17) is 11.5 Å². The Kier molecular flexibility index (Phi) is 9.18. The first kappa shape index (κ1) is 22.6. The number of aldehydes is 1. The molecule has 0 spiro atoms. The average Bonchev–Trinajstić information content (AvgIpc) is 3.14. The van der Waals surface area contributed by atoms with Gasteiger partial charge < -0.3 is 32.0 Å². The van der Waals surface area contributed by atoms with Crippen LogP contribution in [0.25, 0.3) is 0 Å². The van der Waals surface area contributed by atoms with Crippen molar-refractivity contribution >= 4 is 18.2 Å². The van der Waals surface area contributed by atoms with Crippen LogP contribution >= 0.6 is 0 Å². The molecule has 160 valence electrons. The van der Waals surface area contributed by atoms with Crippen LogP contribution in [0.5, 0.6) is 0 Å². The molecular formula is C20H37N5O3. The number of aliphatic hydroxyl groups excluding tert-OH is 1. The van der Waals surface area contributed by atoms with Crippen molar-refractivity contribution < 1.29 is 14.7 Å². The molecule has 1 saturated carbocycles. The van der Waals surface area contributed by atoms with E-state index in [1.54, 1.807) is 0 Å². The zero-order valence-corrected chi connectivity index (χ0v) is 17.0. The number of nitrogens with two attached hydrogens (primary N) is 2. The molecule has 1 aliphatic carbocycles. The number of carbonyl (C=O) groups is 2. The van der Waals surface area contributed by atoms with Crippen molar-refractivity contribution in [3.8, 4) is 0 Å². The maximum Gasteiger partial charge on any atom is 0.238 e. The summed E-state index contributed by atoms with van der Waals surface area (Å²) in [6, 6.07) is -0.731. The van der Waals surface area contributed by atoms with Gasteiger partial charge in [-0.2, -0.15) is 0 Å². The van der Waals surface area contributed by atoms with E-state index < -0.39 is 6.04 Å². The van der Waals surface area contributed by atoms with Gasteiger partial charge >= 0.3 is 0 Å². The summed E-state index contributed by atoms with van der Waals surface area (Å²) in [4.78, 5) is 28.0. The Hall–Kier alpha value is -1.67. The van der Waals surface area contributed by atoms with Crippen LogP contribution in [-0.2, 0) is 9.59 Å². The second kappa shape index (κ2) is 11.4. The lowest BCUT2D eigenvalue weighted by Crippen LogP contribution is -2.49. The number of nitrogens with zero attached hydrogens (tertiary/aromatic N) is 1. The number of aliphatic imine (C=N–C) groups is 1. The van der Waals surface area contributed by atoms with Crippen LogP contribution in [0.15, 0.2) is 4.99 Å². The van der Waals surface area contributed by atoms with E-state index in [1.165, 1.54) is 0 Å². The quantitative estimate of drug-likeness (QED) is 0.156. The average molecular weight is 396 g/mol. The molecule has 2 unspecified atom stereocenters. The lowest BCUT2D eigenvalue weighted by atomic mass is 9.72. The number of amides is 1. The number of carbonyl (C=O) groups excluding carboxylic acids is 2. The fourth-order valence-corrected chi connectivity index (χ4v) is 4.82. The third kappa shape index (κ3) is 7.05. The topological polar surface area (TPSA) is 143 Å². The molecule has 1 amide bonds. The van der Waals surface area contributed by atoms with Crippen molar-refractivity contribution in [1.82, 2.24) is 10.6 Å². The van der Waals surface area contributed by atoms with Crippen molar-refractivity contribution in [3.63, 3.8) is 0 Å². The first-order valence-electron chi connectivity index (χ1n) is 10.6. The third-order valence-corrected chi connectivity index (χ3v) is 6.18. The first-order chi connectivity index (χ1) is 13.4. The lowest BCUT2D eigenvalue weighted by Gasteiger charge is -2.34. The molecule has 0 bridgehead atoms. The van der Waals surface area contributed by atoms with Crippen molar-refractivity contribution in [2.45, 2.75) is 76.5 Å². The van der Waals surface area contributed by atoms with Gasteiger partial charge in [-0.05, 0) is 69.7 Å². The molecule has 1 heterocycles. The molecular weight excluding hydrogens is 358 g/mol. The predicted octanol–water partition coefficient (Wildman–Crippen LogP) is 0.279. The lowest BCUT2D eigenvalue weighted by molar-refractivity contribution is -0.127. The minimum atomic E-state index is -0.508. The molecule has 0 aromatic carbocycles. The van der Waals surface area contributed by atoms with Crippen LogP contribution in [-0.4, -0.2) is 54.5 Å². The van der Waals surface area contributed by atoms with Crippen LogP contribution < -0.4 is 22.1 Å². The molecule has 8 heteroatoms. The van der Waals surface area contributed by atoms with Gasteiger partial charge in [0.15, 0.2) is 5.96 Å². The Balaban J connectivity index is 1.81. The molecule has 28 heavy (non-hydrogen) atoms. The summed E-state index contributed by atoms with van der Waals surface area (Å²) in [6.07, 6.45) is 8.07. The molecule has 1 saturated heterocycles. The second-order valence-corrected chi connectivity index (χ2v) is 8.45. The Labute approximate surface area is 167 Å². The Bertz CT molecular complexity index is 528. The summed E-state index contributed by atoms with van der Waals surface area (Å²) in [5.41, 5.74) is 10.6. The highest BCUT2D eigenvalue weighted by Crippen LogP contribution is 2.39. The molecule has 8 nitrogen and oxygen atoms in total. The van der Waals surface area contributed by atoms with Gasteiger partial charge in [0.05, 0.1) is 18.2 Å². The largest absolute Gasteiger partial charge is 0.393 e. The zero-order valence-electron chi connectivity index (χ0n) is 17.0. The van der Waals surface area contributed by atoms with Gasteiger partial charge in [-0.25, -0.2) is 0 Å². The van der Waals surface area contributed by atoms with Crippen LogP contribution in [0.4, 0.5) is 0 Å². The Morgan fingerprint density at radius 1 is 1.29 bits per heavy atom. The van der Waals surface area contributed by atoms with Gasteiger partial charge in [0.1, 0.15) is 6.29 Å². The highest BCUT2D eigenvalue weighted by molar-refractivity contribution is 5.85. The summed E-state index contributed by atoms with van der Waals surface area (Å²) >= 11 is 0. The van der Waals surface area contributed by atoms with E-state index in [0.717, 1.165) is 51.4 Å². The summed E-state index contributed by atoms with van der Waals surface area (Å²) in [5, 5.41) is 15.8. The fraction of sp³-hybridized carbons (Fsp3) is 0.850. The smallest absolute Gasteiger partial charge is 0.238 e. The van der Waals surface area contributed by atoms with E-state index in [9.17, 15) is 14.7 Å². The summed E-state index contributed by atoms with van der Waals surface area (Å²) in [5.74, 6) is 1.41. The van der Waals surface area contributed by atoms with E-state index in [1.807, 2.05) is 6.92 Å². The van der Waals surface area contributed by atoms with Crippen molar-refractivity contribution in [2.24, 2.45) is 34.2 Å². The van der Waals surface area contributed by atoms with E-state index in [0.29, 0.717) is 37.1 Å². The highest BCUT2D eigenvalue weighted by atomic mass is 16.3.